The summed E-state index contributed by atoms with van der Waals surface area (Å²) in [6.07, 6.45) is -2.15. The minimum atomic E-state index is -1.35. The molecule has 166 valence electrons. The third kappa shape index (κ3) is 3.47. The number of aromatic nitrogens is 5. The summed E-state index contributed by atoms with van der Waals surface area (Å²) in [7, 11) is 0. The van der Waals surface area contributed by atoms with Crippen molar-refractivity contribution in [2.24, 2.45) is 0 Å². The highest BCUT2D eigenvalue weighted by Crippen LogP contribution is 2.40. The highest BCUT2D eigenvalue weighted by Gasteiger charge is 2.46. The van der Waals surface area contributed by atoms with Gasteiger partial charge in [-0.2, -0.15) is 0 Å². The largest absolute Gasteiger partial charge is 0.390 e. The van der Waals surface area contributed by atoms with Crippen molar-refractivity contribution >= 4 is 34.3 Å². The number of anilines is 2. The van der Waals surface area contributed by atoms with Crippen LogP contribution in [0.2, 0.25) is 5.02 Å². The van der Waals surface area contributed by atoms with E-state index in [1.807, 2.05) is 0 Å². The number of imidazole rings is 1. The van der Waals surface area contributed by atoms with Gasteiger partial charge in [0.15, 0.2) is 29.0 Å². The number of ether oxygens (including phenoxy) is 1. The minimum Gasteiger partial charge on any atom is -0.390 e. The van der Waals surface area contributed by atoms with Crippen molar-refractivity contribution in [1.82, 2.24) is 24.7 Å². The monoisotopic (exact) mass is 462 g/mol. The Hall–Kier alpha value is -3.16. The second-order valence-corrected chi connectivity index (χ2v) is 7.54. The molecule has 1 saturated heterocycles. The number of hydrogen-bond acceptors (Lipinski definition) is 10. The van der Waals surface area contributed by atoms with Gasteiger partial charge in [-0.05, 0) is 18.2 Å². The Balaban J connectivity index is 1.47. The maximum absolute atomic E-state index is 14.2. The fraction of sp³-hybridized carbons (Fsp3) is 0.263. The third-order valence-corrected chi connectivity index (χ3v) is 5.31. The molecular weight excluding hydrogens is 447 g/mol. The predicted octanol–water partition coefficient (Wildman–Crippen LogP) is 1.83. The van der Waals surface area contributed by atoms with Crippen LogP contribution in [0, 0.1) is 5.82 Å². The zero-order valence-corrected chi connectivity index (χ0v) is 16.9. The van der Waals surface area contributed by atoms with Gasteiger partial charge in [-0.1, -0.05) is 16.8 Å². The molecule has 4 N–H and O–H groups in total. The van der Waals surface area contributed by atoms with E-state index >= 15 is 0 Å². The second kappa shape index (κ2) is 8.07. The van der Waals surface area contributed by atoms with Gasteiger partial charge in [0, 0.05) is 11.1 Å². The van der Waals surface area contributed by atoms with Gasteiger partial charge in [-0.3, -0.25) is 4.57 Å². The first-order valence-corrected chi connectivity index (χ1v) is 9.81. The molecule has 0 spiro atoms. The molecule has 0 amide bonds. The Labute approximate surface area is 184 Å². The van der Waals surface area contributed by atoms with Crippen LogP contribution >= 0.6 is 11.6 Å². The number of benzene rings is 1. The zero-order chi connectivity index (χ0) is 22.4. The van der Waals surface area contributed by atoms with Crippen LogP contribution in [0.1, 0.15) is 23.8 Å². The van der Waals surface area contributed by atoms with Crippen molar-refractivity contribution in [1.29, 1.82) is 0 Å². The lowest BCUT2D eigenvalue weighted by Gasteiger charge is -2.16. The lowest BCUT2D eigenvalue weighted by molar-refractivity contribution is -0.0434. The maximum Gasteiger partial charge on any atom is 0.168 e. The summed E-state index contributed by atoms with van der Waals surface area (Å²) >= 11 is 5.79. The van der Waals surface area contributed by atoms with Gasteiger partial charge in [0.25, 0.3) is 0 Å². The third-order valence-electron chi connectivity index (χ3n) is 5.08. The lowest BCUT2D eigenvalue weighted by atomic mass is 10.1. The number of rotatable bonds is 5. The summed E-state index contributed by atoms with van der Waals surface area (Å²) in [5, 5.41) is 37.0. The molecule has 5 rings (SSSR count). The molecule has 11 nitrogen and oxygen atoms in total. The van der Waals surface area contributed by atoms with Gasteiger partial charge in [0.05, 0.1) is 18.6 Å². The molecule has 1 aromatic carbocycles. The number of fused-ring (bicyclic) bond motifs is 1. The first kappa shape index (κ1) is 20.7. The van der Waals surface area contributed by atoms with E-state index in [9.17, 15) is 14.6 Å². The van der Waals surface area contributed by atoms with E-state index in [0.717, 1.165) is 6.07 Å². The van der Waals surface area contributed by atoms with Crippen molar-refractivity contribution in [2.75, 3.05) is 5.32 Å². The first-order valence-electron chi connectivity index (χ1n) is 9.44. The Bertz CT molecular complexity index is 1280. The van der Waals surface area contributed by atoms with E-state index in [4.69, 9.17) is 26.0 Å². The lowest BCUT2D eigenvalue weighted by Crippen LogP contribution is -2.28. The van der Waals surface area contributed by atoms with Gasteiger partial charge in [0.1, 0.15) is 36.2 Å². The summed E-state index contributed by atoms with van der Waals surface area (Å²) in [5.41, 5.74) is 0.974. The highest BCUT2D eigenvalue weighted by molar-refractivity contribution is 6.30. The first-order chi connectivity index (χ1) is 15.5. The number of aliphatic hydroxyl groups excluding tert-OH is 3. The molecule has 4 aromatic rings. The standard InChI is InChI=1S/C19H16ClFN6O5/c20-8-1-2-11(10(21)3-8)25-17-13-18(23-6-22-17)27(7-24-13)19-15(30)14(29)16(31-19)12-4-9(5-28)26-32-12/h1-4,6-7,14-16,19,28-30H,5H2,(H,22,23,25)/t14-,15+,16+,19+/m0/s1. The summed E-state index contributed by atoms with van der Waals surface area (Å²) < 4.78 is 26.5. The van der Waals surface area contributed by atoms with Gasteiger partial charge in [-0.25, -0.2) is 19.3 Å². The zero-order valence-electron chi connectivity index (χ0n) is 16.1. The average Bonchev–Trinajstić information content (AvgIpc) is 3.49. The Morgan fingerprint density at radius 1 is 1.16 bits per heavy atom. The summed E-state index contributed by atoms with van der Waals surface area (Å²) in [6.45, 7) is -0.342. The smallest absolute Gasteiger partial charge is 0.168 e. The Morgan fingerprint density at radius 3 is 2.75 bits per heavy atom. The number of nitrogens with one attached hydrogen (secondary N) is 1. The normalized spacial score (nSPS) is 23.2. The molecule has 0 radical (unpaired) electrons. The van der Waals surface area contributed by atoms with Gasteiger partial charge >= 0.3 is 0 Å². The van der Waals surface area contributed by atoms with Crippen molar-refractivity contribution < 1.29 is 29.0 Å². The van der Waals surface area contributed by atoms with Crippen molar-refractivity contribution in [2.45, 2.75) is 31.1 Å². The van der Waals surface area contributed by atoms with Gasteiger partial charge < -0.3 is 29.9 Å². The molecule has 0 saturated carbocycles. The fourth-order valence-electron chi connectivity index (χ4n) is 3.51. The van der Waals surface area contributed by atoms with Crippen LogP contribution in [0.25, 0.3) is 11.2 Å². The van der Waals surface area contributed by atoms with Crippen LogP contribution in [-0.2, 0) is 11.3 Å². The molecule has 0 aliphatic carbocycles. The summed E-state index contributed by atoms with van der Waals surface area (Å²) in [6, 6.07) is 5.59. The van der Waals surface area contributed by atoms with Crippen molar-refractivity contribution in [3.05, 3.63) is 59.2 Å². The van der Waals surface area contributed by atoms with E-state index in [0.29, 0.717) is 0 Å². The molecule has 1 aliphatic rings. The van der Waals surface area contributed by atoms with E-state index in [1.165, 1.54) is 35.4 Å². The number of hydrogen-bond donors (Lipinski definition) is 4. The summed E-state index contributed by atoms with van der Waals surface area (Å²) in [5.74, 6) is -0.191. The SMILES string of the molecule is OCc1cc([C@H]2O[C@@H](n3cnc4c(Nc5ccc(Cl)cc5F)ncnc43)[C@H](O)[C@@H]2O)on1. The summed E-state index contributed by atoms with van der Waals surface area (Å²) in [4.78, 5) is 12.6. The predicted molar refractivity (Wildman–Crippen MR) is 107 cm³/mol. The molecule has 32 heavy (non-hydrogen) atoms. The van der Waals surface area contributed by atoms with Crippen molar-refractivity contribution in [3.8, 4) is 0 Å². The topological polar surface area (TPSA) is 152 Å². The quantitative estimate of drug-likeness (QED) is 0.345. The fourth-order valence-corrected chi connectivity index (χ4v) is 3.67. The van der Waals surface area contributed by atoms with Crippen LogP contribution < -0.4 is 5.32 Å². The Kier molecular flexibility index (Phi) is 5.23. The van der Waals surface area contributed by atoms with Gasteiger partial charge in [0.2, 0.25) is 0 Å². The number of nitrogens with zero attached hydrogens (tertiary/aromatic N) is 5. The second-order valence-electron chi connectivity index (χ2n) is 7.10. The molecule has 1 aliphatic heterocycles. The molecule has 4 atom stereocenters. The van der Waals surface area contributed by atoms with Crippen LogP contribution in [0.15, 0.2) is 41.4 Å². The highest BCUT2D eigenvalue weighted by atomic mass is 35.5. The van der Waals surface area contributed by atoms with E-state index in [2.05, 4.69) is 25.4 Å². The molecule has 0 unspecified atom stereocenters. The molecular formula is C19H16ClFN6O5. The molecule has 1 fully saturated rings. The van der Waals surface area contributed by atoms with Crippen LogP contribution in [0.3, 0.4) is 0 Å². The maximum atomic E-state index is 14.2. The molecule has 0 bridgehead atoms. The van der Waals surface area contributed by atoms with E-state index < -0.39 is 30.4 Å². The van der Waals surface area contributed by atoms with Crippen LogP contribution in [0.4, 0.5) is 15.9 Å². The van der Waals surface area contributed by atoms with Crippen LogP contribution in [0.5, 0.6) is 0 Å². The number of aliphatic hydroxyl groups is 3. The molecule has 4 heterocycles. The Morgan fingerprint density at radius 2 is 2.00 bits per heavy atom. The van der Waals surface area contributed by atoms with E-state index in [1.54, 1.807) is 0 Å². The van der Waals surface area contributed by atoms with Gasteiger partial charge in [-0.15, -0.1) is 0 Å². The number of halogens is 2. The minimum absolute atomic E-state index is 0.140. The van der Waals surface area contributed by atoms with Crippen LogP contribution in [-0.4, -0.2) is 52.2 Å². The van der Waals surface area contributed by atoms with E-state index in [-0.39, 0.29) is 45.8 Å². The van der Waals surface area contributed by atoms with Crippen molar-refractivity contribution in [3.63, 3.8) is 0 Å². The molecule has 3 aromatic heterocycles. The average molecular weight is 463 g/mol. The molecule has 13 heteroatoms.